The second-order valence-electron chi connectivity index (χ2n) is 8.32. The van der Waals surface area contributed by atoms with Gasteiger partial charge in [-0.05, 0) is 38.5 Å². The maximum absolute atomic E-state index is 12.5. The van der Waals surface area contributed by atoms with E-state index >= 15 is 0 Å². The highest BCUT2D eigenvalue weighted by atomic mass is 32.2. The standard InChI is InChI=1S/C21H25F3N4O4S/c1-20(2,3)32-19(29)28-10-8-27(9-11-28)18-25-12-16(13-26-18)31-14-15-4-6-17(7-5-15)33(30)21(22,23)24/h4-7,12-13H,8-11,14H2,1-3H3. The second-order valence-corrected chi connectivity index (χ2v) is 9.79. The van der Waals surface area contributed by atoms with E-state index in [1.54, 1.807) is 4.90 Å². The van der Waals surface area contributed by atoms with Gasteiger partial charge < -0.3 is 23.8 Å². The number of alkyl halides is 3. The van der Waals surface area contributed by atoms with Gasteiger partial charge in [-0.1, -0.05) is 12.1 Å². The number of amides is 1. The van der Waals surface area contributed by atoms with Gasteiger partial charge in [0.05, 0.1) is 23.6 Å². The topological polar surface area (TPSA) is 90.9 Å². The molecule has 3 rings (SSSR count). The fourth-order valence-corrected chi connectivity index (χ4v) is 3.62. The molecule has 1 aromatic heterocycles. The fourth-order valence-electron chi connectivity index (χ4n) is 2.97. The van der Waals surface area contributed by atoms with Gasteiger partial charge in [-0.3, -0.25) is 0 Å². The molecule has 1 saturated heterocycles. The summed E-state index contributed by atoms with van der Waals surface area (Å²) in [7, 11) is 0. The molecule has 0 saturated carbocycles. The minimum absolute atomic E-state index is 0.0935. The Bertz CT molecular complexity index is 929. The van der Waals surface area contributed by atoms with Crippen molar-refractivity contribution >= 4 is 23.2 Å². The lowest BCUT2D eigenvalue weighted by atomic mass is 10.2. The molecule has 1 amide bonds. The maximum Gasteiger partial charge on any atom is 0.578 e. The van der Waals surface area contributed by atoms with Gasteiger partial charge in [0.25, 0.3) is 0 Å². The number of ether oxygens (including phenoxy) is 2. The molecule has 33 heavy (non-hydrogen) atoms. The zero-order chi connectivity index (χ0) is 24.2. The van der Waals surface area contributed by atoms with E-state index in [-0.39, 0.29) is 17.6 Å². The summed E-state index contributed by atoms with van der Waals surface area (Å²) < 4.78 is 59.9. The zero-order valence-corrected chi connectivity index (χ0v) is 19.3. The summed E-state index contributed by atoms with van der Waals surface area (Å²) in [5.74, 6) is 0.902. The third-order valence-electron chi connectivity index (χ3n) is 4.58. The molecule has 0 N–H and O–H groups in total. The number of benzene rings is 1. The van der Waals surface area contributed by atoms with E-state index in [0.717, 1.165) is 0 Å². The van der Waals surface area contributed by atoms with Crippen molar-refractivity contribution in [2.75, 3.05) is 31.1 Å². The van der Waals surface area contributed by atoms with Gasteiger partial charge in [-0.25, -0.2) is 14.8 Å². The third kappa shape index (κ3) is 7.13. The molecule has 0 bridgehead atoms. The number of carbonyl (C=O) groups is 1. The third-order valence-corrected chi connectivity index (χ3v) is 5.70. The highest BCUT2D eigenvalue weighted by Gasteiger charge is 2.45. The van der Waals surface area contributed by atoms with Crippen LogP contribution in [0.4, 0.5) is 23.9 Å². The summed E-state index contributed by atoms with van der Waals surface area (Å²) in [6.07, 6.45) is 2.68. The molecule has 1 aliphatic rings. The van der Waals surface area contributed by atoms with Crippen LogP contribution >= 0.6 is 0 Å². The van der Waals surface area contributed by atoms with Gasteiger partial charge in [0.2, 0.25) is 5.95 Å². The summed E-state index contributed by atoms with van der Waals surface area (Å²) >= 11 is -3.06. The Labute approximate surface area is 192 Å². The minimum atomic E-state index is -4.79. The zero-order valence-electron chi connectivity index (χ0n) is 18.5. The minimum Gasteiger partial charge on any atom is -0.604 e. The monoisotopic (exact) mass is 486 g/mol. The van der Waals surface area contributed by atoms with E-state index in [1.165, 1.54) is 36.7 Å². The van der Waals surface area contributed by atoms with Crippen molar-refractivity contribution in [3.8, 4) is 5.75 Å². The SMILES string of the molecule is CC(C)(C)OC(=O)N1CCN(c2ncc(OCc3ccc([S+]([O-])C(F)(F)F)cc3)cn2)CC1. The fraction of sp³-hybridized carbons (Fsp3) is 0.476. The predicted octanol–water partition coefficient (Wildman–Crippen LogP) is 3.74. The largest absolute Gasteiger partial charge is 0.604 e. The van der Waals surface area contributed by atoms with Crippen LogP contribution < -0.4 is 9.64 Å². The Morgan fingerprint density at radius 2 is 1.64 bits per heavy atom. The number of nitrogens with zero attached hydrogens (tertiary/aromatic N) is 4. The normalized spacial score (nSPS) is 15.8. The molecule has 0 spiro atoms. The second kappa shape index (κ2) is 10.0. The Morgan fingerprint density at radius 3 is 2.15 bits per heavy atom. The van der Waals surface area contributed by atoms with Crippen LogP contribution in [-0.2, 0) is 22.5 Å². The van der Waals surface area contributed by atoms with Crippen LogP contribution in [0.2, 0.25) is 0 Å². The molecule has 1 unspecified atom stereocenters. The van der Waals surface area contributed by atoms with Crippen LogP contribution in [-0.4, -0.2) is 62.8 Å². The van der Waals surface area contributed by atoms with Gasteiger partial charge in [0.1, 0.15) is 12.2 Å². The van der Waals surface area contributed by atoms with Crippen LogP contribution in [0.5, 0.6) is 5.75 Å². The number of hydrogen-bond acceptors (Lipinski definition) is 7. The average molecular weight is 487 g/mol. The molecule has 0 aliphatic carbocycles. The Morgan fingerprint density at radius 1 is 1.06 bits per heavy atom. The van der Waals surface area contributed by atoms with Crippen molar-refractivity contribution in [1.29, 1.82) is 0 Å². The smallest absolute Gasteiger partial charge is 0.578 e. The van der Waals surface area contributed by atoms with Gasteiger partial charge in [-0.2, -0.15) is 0 Å². The molecule has 1 aliphatic heterocycles. The van der Waals surface area contributed by atoms with E-state index in [2.05, 4.69) is 9.97 Å². The quantitative estimate of drug-likeness (QED) is 0.595. The van der Waals surface area contributed by atoms with Crippen molar-refractivity contribution < 1.29 is 32.0 Å². The van der Waals surface area contributed by atoms with Crippen molar-refractivity contribution in [3.05, 3.63) is 42.2 Å². The van der Waals surface area contributed by atoms with E-state index in [4.69, 9.17) is 9.47 Å². The van der Waals surface area contributed by atoms with Crippen molar-refractivity contribution in [2.24, 2.45) is 0 Å². The molecule has 1 fully saturated rings. The van der Waals surface area contributed by atoms with Gasteiger partial charge in [-0.15, -0.1) is 13.2 Å². The molecule has 1 atom stereocenters. The van der Waals surface area contributed by atoms with Crippen molar-refractivity contribution in [1.82, 2.24) is 14.9 Å². The first kappa shape index (κ1) is 24.9. The van der Waals surface area contributed by atoms with Gasteiger partial charge >= 0.3 is 11.6 Å². The van der Waals surface area contributed by atoms with Crippen LogP contribution in [0.25, 0.3) is 0 Å². The number of piperazine rings is 1. The molecule has 1 aromatic carbocycles. The molecular formula is C21H25F3N4O4S. The molecule has 8 nitrogen and oxygen atoms in total. The summed E-state index contributed by atoms with van der Waals surface area (Å²) in [6, 6.07) is 5.19. The number of aromatic nitrogens is 2. The summed E-state index contributed by atoms with van der Waals surface area (Å²) in [4.78, 5) is 24.0. The Hall–Kier alpha value is -2.73. The van der Waals surface area contributed by atoms with E-state index < -0.39 is 22.3 Å². The van der Waals surface area contributed by atoms with Crippen LogP contribution in [0, 0.1) is 0 Å². The number of halogens is 3. The predicted molar refractivity (Wildman–Crippen MR) is 115 cm³/mol. The number of anilines is 1. The number of rotatable bonds is 5. The van der Waals surface area contributed by atoms with Crippen LogP contribution in [0.1, 0.15) is 26.3 Å². The highest BCUT2D eigenvalue weighted by molar-refractivity contribution is 7.92. The van der Waals surface area contributed by atoms with Crippen LogP contribution in [0.15, 0.2) is 41.6 Å². The first-order valence-electron chi connectivity index (χ1n) is 10.2. The Kier molecular flexibility index (Phi) is 7.58. The van der Waals surface area contributed by atoms with Crippen LogP contribution in [0.3, 0.4) is 0 Å². The summed E-state index contributed by atoms with van der Waals surface area (Å²) in [6.45, 7) is 7.67. The Balaban J connectivity index is 1.49. The summed E-state index contributed by atoms with van der Waals surface area (Å²) in [5.41, 5.74) is -4.73. The molecule has 180 valence electrons. The van der Waals surface area contributed by atoms with Gasteiger partial charge in [0.15, 0.2) is 10.6 Å². The number of hydrogen-bond donors (Lipinski definition) is 0. The molecule has 2 heterocycles. The van der Waals surface area contributed by atoms with E-state index in [1.807, 2.05) is 25.7 Å². The average Bonchev–Trinajstić information content (AvgIpc) is 2.76. The first-order valence-corrected chi connectivity index (χ1v) is 11.3. The lowest BCUT2D eigenvalue weighted by molar-refractivity contribution is -0.0435. The lowest BCUT2D eigenvalue weighted by Crippen LogP contribution is -2.50. The van der Waals surface area contributed by atoms with E-state index in [0.29, 0.717) is 43.4 Å². The first-order chi connectivity index (χ1) is 15.4. The van der Waals surface area contributed by atoms with Gasteiger partial charge in [0, 0.05) is 26.2 Å². The van der Waals surface area contributed by atoms with Crippen molar-refractivity contribution in [2.45, 2.75) is 43.4 Å². The summed E-state index contributed by atoms with van der Waals surface area (Å²) in [5, 5.41) is 0. The number of carbonyl (C=O) groups excluding carboxylic acids is 1. The molecule has 2 aromatic rings. The maximum atomic E-state index is 12.5. The van der Waals surface area contributed by atoms with Crippen molar-refractivity contribution in [3.63, 3.8) is 0 Å². The highest BCUT2D eigenvalue weighted by Crippen LogP contribution is 2.30. The molecule has 0 radical (unpaired) electrons. The lowest BCUT2D eigenvalue weighted by Gasteiger charge is -2.35. The molecular weight excluding hydrogens is 461 g/mol. The molecule has 12 heteroatoms. The van der Waals surface area contributed by atoms with E-state index in [9.17, 15) is 22.5 Å².